The first-order chi connectivity index (χ1) is 10.6. The molecule has 2 N–H and O–H groups in total. The predicted octanol–water partition coefficient (Wildman–Crippen LogP) is 0.504. The maximum absolute atomic E-state index is 12.4. The van der Waals surface area contributed by atoms with Gasteiger partial charge in [0.15, 0.2) is 5.65 Å². The first-order valence-electron chi connectivity index (χ1n) is 7.64. The normalized spacial score (nSPS) is 20.7. The lowest BCUT2D eigenvalue weighted by Crippen LogP contribution is -2.35. The largest absolute Gasteiger partial charge is 0.350 e. The van der Waals surface area contributed by atoms with Gasteiger partial charge in [-0.15, -0.1) is 17.5 Å². The van der Waals surface area contributed by atoms with Crippen LogP contribution >= 0.6 is 12.4 Å². The molecule has 0 aromatic carbocycles. The molecular formula is C15H22ClN5O2. The van der Waals surface area contributed by atoms with Crippen LogP contribution in [0.5, 0.6) is 0 Å². The molecule has 1 fully saturated rings. The number of halogens is 1. The Hall–Kier alpha value is -1.86. The average Bonchev–Trinajstić information content (AvgIpc) is 3.06. The van der Waals surface area contributed by atoms with E-state index in [9.17, 15) is 9.59 Å². The molecule has 8 heteroatoms. The van der Waals surface area contributed by atoms with E-state index in [0.717, 1.165) is 13.0 Å². The van der Waals surface area contributed by atoms with E-state index in [1.807, 2.05) is 17.9 Å². The van der Waals surface area contributed by atoms with E-state index in [-0.39, 0.29) is 36.5 Å². The molecule has 0 aliphatic carbocycles. The number of rotatable bonds is 4. The average molecular weight is 340 g/mol. The lowest BCUT2D eigenvalue weighted by atomic mass is 10.1. The summed E-state index contributed by atoms with van der Waals surface area (Å²) >= 11 is 0. The number of aryl methyl sites for hydroxylation is 1. The second kappa shape index (κ2) is 7.14. The molecule has 7 nitrogen and oxygen atoms in total. The maximum atomic E-state index is 12.4. The molecule has 1 saturated heterocycles. The van der Waals surface area contributed by atoms with Crippen LogP contribution in [0.4, 0.5) is 0 Å². The van der Waals surface area contributed by atoms with Gasteiger partial charge in [0.05, 0.1) is 6.54 Å². The van der Waals surface area contributed by atoms with E-state index in [4.69, 9.17) is 5.73 Å². The summed E-state index contributed by atoms with van der Waals surface area (Å²) in [5.74, 6) is 0.448. The molecule has 1 aliphatic heterocycles. The van der Waals surface area contributed by atoms with Crippen molar-refractivity contribution in [3.8, 4) is 0 Å². The molecule has 2 unspecified atom stereocenters. The fourth-order valence-electron chi connectivity index (χ4n) is 3.12. The molecule has 3 heterocycles. The van der Waals surface area contributed by atoms with Crippen LogP contribution in [-0.4, -0.2) is 44.1 Å². The molecular weight excluding hydrogens is 318 g/mol. The van der Waals surface area contributed by atoms with Crippen molar-refractivity contribution in [3.05, 3.63) is 34.9 Å². The monoisotopic (exact) mass is 339 g/mol. The summed E-state index contributed by atoms with van der Waals surface area (Å²) < 4.78 is 2.84. The van der Waals surface area contributed by atoms with Gasteiger partial charge in [-0.3, -0.25) is 9.20 Å². The number of hydrogen-bond donors (Lipinski definition) is 1. The van der Waals surface area contributed by atoms with Crippen molar-refractivity contribution in [2.45, 2.75) is 32.4 Å². The van der Waals surface area contributed by atoms with Crippen LogP contribution in [0.15, 0.2) is 29.2 Å². The second-order valence-corrected chi connectivity index (χ2v) is 5.92. The van der Waals surface area contributed by atoms with Crippen LogP contribution in [-0.2, 0) is 11.3 Å². The first-order valence-corrected chi connectivity index (χ1v) is 7.64. The minimum absolute atomic E-state index is 0. The standard InChI is InChI=1S/C15H21N5O2.ClH/c1-11-8-12(9-16)10-19(11)14(21)5-7-20-15(22)18-6-3-2-4-13(18)17-20;/h2-4,6,11-12H,5,7-10,16H2,1H3;1H. The number of aromatic nitrogens is 3. The summed E-state index contributed by atoms with van der Waals surface area (Å²) in [6.45, 7) is 3.68. The number of hydrogen-bond acceptors (Lipinski definition) is 4. The number of pyridine rings is 1. The van der Waals surface area contributed by atoms with Gasteiger partial charge in [0.25, 0.3) is 0 Å². The molecule has 1 aliphatic rings. The Morgan fingerprint density at radius 2 is 2.22 bits per heavy atom. The van der Waals surface area contributed by atoms with Crippen molar-refractivity contribution < 1.29 is 4.79 Å². The van der Waals surface area contributed by atoms with Crippen LogP contribution in [0.25, 0.3) is 5.65 Å². The smallest absolute Gasteiger partial charge is 0.340 e. The van der Waals surface area contributed by atoms with E-state index in [1.165, 1.54) is 9.08 Å². The Morgan fingerprint density at radius 3 is 2.87 bits per heavy atom. The Balaban J connectivity index is 0.00000192. The Kier molecular flexibility index (Phi) is 5.43. The molecule has 0 spiro atoms. The Bertz CT molecular complexity index is 741. The third kappa shape index (κ3) is 3.40. The van der Waals surface area contributed by atoms with Crippen molar-refractivity contribution in [1.29, 1.82) is 0 Å². The molecule has 23 heavy (non-hydrogen) atoms. The summed E-state index contributed by atoms with van der Waals surface area (Å²) in [7, 11) is 0. The van der Waals surface area contributed by atoms with Gasteiger partial charge in [-0.25, -0.2) is 9.48 Å². The molecule has 0 radical (unpaired) electrons. The fraction of sp³-hybridized carbons (Fsp3) is 0.533. The Morgan fingerprint density at radius 1 is 1.43 bits per heavy atom. The molecule has 1 amide bonds. The van der Waals surface area contributed by atoms with Gasteiger partial charge in [-0.2, -0.15) is 0 Å². The van der Waals surface area contributed by atoms with Crippen molar-refractivity contribution >= 4 is 24.0 Å². The van der Waals surface area contributed by atoms with Gasteiger partial charge in [0, 0.05) is 25.2 Å². The predicted molar refractivity (Wildman–Crippen MR) is 89.7 cm³/mol. The Labute approximate surface area is 140 Å². The lowest BCUT2D eigenvalue weighted by molar-refractivity contribution is -0.132. The van der Waals surface area contributed by atoms with Gasteiger partial charge in [0.2, 0.25) is 5.91 Å². The van der Waals surface area contributed by atoms with Crippen LogP contribution < -0.4 is 11.4 Å². The summed E-state index contributed by atoms with van der Waals surface area (Å²) in [5, 5.41) is 4.24. The van der Waals surface area contributed by atoms with E-state index >= 15 is 0 Å². The van der Waals surface area contributed by atoms with Gasteiger partial charge < -0.3 is 10.6 Å². The quantitative estimate of drug-likeness (QED) is 0.879. The van der Waals surface area contributed by atoms with Crippen molar-refractivity contribution in [2.75, 3.05) is 13.1 Å². The van der Waals surface area contributed by atoms with Crippen molar-refractivity contribution in [2.24, 2.45) is 11.7 Å². The minimum Gasteiger partial charge on any atom is -0.340 e. The van der Waals surface area contributed by atoms with Crippen LogP contribution in [0.3, 0.4) is 0 Å². The van der Waals surface area contributed by atoms with Crippen LogP contribution in [0, 0.1) is 5.92 Å². The third-order valence-corrected chi connectivity index (χ3v) is 4.34. The number of nitrogens with zero attached hydrogens (tertiary/aromatic N) is 4. The molecule has 0 bridgehead atoms. The first kappa shape index (κ1) is 17.5. The number of nitrogens with two attached hydrogens (primary N) is 1. The van der Waals surface area contributed by atoms with Crippen molar-refractivity contribution in [1.82, 2.24) is 19.1 Å². The molecule has 0 saturated carbocycles. The van der Waals surface area contributed by atoms with Gasteiger partial charge in [-0.1, -0.05) is 6.07 Å². The van der Waals surface area contributed by atoms with Crippen LogP contribution in [0.2, 0.25) is 0 Å². The number of carbonyl (C=O) groups excluding carboxylic acids is 1. The van der Waals surface area contributed by atoms with E-state index in [2.05, 4.69) is 5.10 Å². The molecule has 126 valence electrons. The van der Waals surface area contributed by atoms with Crippen molar-refractivity contribution in [3.63, 3.8) is 0 Å². The molecule has 2 aromatic heterocycles. The van der Waals surface area contributed by atoms with E-state index < -0.39 is 0 Å². The van der Waals surface area contributed by atoms with Gasteiger partial charge in [0.1, 0.15) is 0 Å². The highest BCUT2D eigenvalue weighted by atomic mass is 35.5. The highest BCUT2D eigenvalue weighted by molar-refractivity contribution is 5.85. The van der Waals surface area contributed by atoms with Crippen LogP contribution in [0.1, 0.15) is 19.8 Å². The highest BCUT2D eigenvalue weighted by Crippen LogP contribution is 2.22. The van der Waals surface area contributed by atoms with E-state index in [1.54, 1.807) is 18.3 Å². The minimum atomic E-state index is -0.210. The summed E-state index contributed by atoms with van der Waals surface area (Å²) in [5.41, 5.74) is 6.07. The third-order valence-electron chi connectivity index (χ3n) is 4.34. The second-order valence-electron chi connectivity index (χ2n) is 5.92. The molecule has 2 atom stereocenters. The number of carbonyl (C=O) groups is 1. The number of likely N-dealkylation sites (tertiary alicyclic amines) is 1. The summed E-state index contributed by atoms with van der Waals surface area (Å²) in [6, 6.07) is 5.60. The molecule has 3 rings (SSSR count). The zero-order chi connectivity index (χ0) is 15.7. The van der Waals surface area contributed by atoms with Gasteiger partial charge >= 0.3 is 5.69 Å². The van der Waals surface area contributed by atoms with E-state index in [0.29, 0.717) is 24.7 Å². The lowest BCUT2D eigenvalue weighted by Gasteiger charge is -2.21. The number of amides is 1. The number of fused-ring (bicyclic) bond motifs is 1. The zero-order valence-corrected chi connectivity index (χ0v) is 13.9. The summed E-state index contributed by atoms with van der Waals surface area (Å²) in [6.07, 6.45) is 2.92. The maximum Gasteiger partial charge on any atom is 0.350 e. The fourth-order valence-corrected chi connectivity index (χ4v) is 3.12. The zero-order valence-electron chi connectivity index (χ0n) is 13.1. The SMILES string of the molecule is CC1CC(CN)CN1C(=O)CCn1nc2ccccn2c1=O.Cl. The highest BCUT2D eigenvalue weighted by Gasteiger charge is 2.31. The molecule has 2 aromatic rings. The summed E-state index contributed by atoms with van der Waals surface area (Å²) in [4.78, 5) is 26.4. The van der Waals surface area contributed by atoms with Gasteiger partial charge in [-0.05, 0) is 37.9 Å². The topological polar surface area (TPSA) is 85.6 Å².